The molecule has 0 saturated heterocycles. The Balaban J connectivity index is 2.69. The quantitative estimate of drug-likeness (QED) is 0.839. The summed E-state index contributed by atoms with van der Waals surface area (Å²) in [4.78, 5) is 12.0. The first-order chi connectivity index (χ1) is 8.58. The van der Waals surface area contributed by atoms with Crippen LogP contribution in [0.2, 0.25) is 0 Å². The predicted molar refractivity (Wildman–Crippen MR) is 73.7 cm³/mol. The minimum absolute atomic E-state index is 0.0524. The molecular weight excluding hydrogens is 226 g/mol. The van der Waals surface area contributed by atoms with Crippen molar-refractivity contribution >= 4 is 5.91 Å². The zero-order valence-corrected chi connectivity index (χ0v) is 11.7. The summed E-state index contributed by atoms with van der Waals surface area (Å²) in [6.45, 7) is 6.66. The molecule has 0 bridgehead atoms. The van der Waals surface area contributed by atoms with Gasteiger partial charge in [-0.3, -0.25) is 4.79 Å². The van der Waals surface area contributed by atoms with Gasteiger partial charge in [0.15, 0.2) is 0 Å². The van der Waals surface area contributed by atoms with Gasteiger partial charge in [0.25, 0.3) is 0 Å². The molecule has 0 aliphatic rings. The van der Waals surface area contributed by atoms with Gasteiger partial charge in [0.2, 0.25) is 5.91 Å². The molecule has 1 aromatic carbocycles. The lowest BCUT2D eigenvalue weighted by atomic mass is 9.97. The second kappa shape index (κ2) is 7.17. The lowest BCUT2D eigenvalue weighted by Gasteiger charge is -2.15. The Morgan fingerprint density at radius 2 is 2.17 bits per heavy atom. The molecule has 0 saturated carbocycles. The standard InChI is InChI=1S/C15H23NO2/c1-5-13-8-6-7-11(2)14(13)9-15(17)16-12(3)10-18-4/h6-8,12H,5,9-10H2,1-4H3,(H,16,17). The summed E-state index contributed by atoms with van der Waals surface area (Å²) in [5, 5.41) is 2.94. The maximum Gasteiger partial charge on any atom is 0.224 e. The summed E-state index contributed by atoms with van der Waals surface area (Å²) in [5.41, 5.74) is 3.59. The Bertz CT molecular complexity index is 401. The first-order valence-corrected chi connectivity index (χ1v) is 6.44. The Morgan fingerprint density at radius 3 is 2.78 bits per heavy atom. The third kappa shape index (κ3) is 4.15. The first kappa shape index (κ1) is 14.7. The van der Waals surface area contributed by atoms with Crippen LogP contribution >= 0.6 is 0 Å². The fraction of sp³-hybridized carbons (Fsp3) is 0.533. The van der Waals surface area contributed by atoms with Gasteiger partial charge in [-0.05, 0) is 37.0 Å². The average Bonchev–Trinajstić information content (AvgIpc) is 2.31. The van der Waals surface area contributed by atoms with Gasteiger partial charge in [-0.2, -0.15) is 0 Å². The highest BCUT2D eigenvalue weighted by Gasteiger charge is 2.11. The van der Waals surface area contributed by atoms with Crippen LogP contribution in [0, 0.1) is 6.92 Å². The largest absolute Gasteiger partial charge is 0.383 e. The highest BCUT2D eigenvalue weighted by atomic mass is 16.5. The van der Waals surface area contributed by atoms with E-state index in [-0.39, 0.29) is 11.9 Å². The summed E-state index contributed by atoms with van der Waals surface area (Å²) < 4.78 is 5.01. The molecule has 100 valence electrons. The number of hydrogen-bond acceptors (Lipinski definition) is 2. The van der Waals surface area contributed by atoms with Gasteiger partial charge < -0.3 is 10.1 Å². The molecule has 1 unspecified atom stereocenters. The van der Waals surface area contributed by atoms with Crippen molar-refractivity contribution in [1.29, 1.82) is 0 Å². The second-order valence-corrected chi connectivity index (χ2v) is 4.67. The maximum atomic E-state index is 12.0. The fourth-order valence-corrected chi connectivity index (χ4v) is 2.13. The first-order valence-electron chi connectivity index (χ1n) is 6.44. The maximum absolute atomic E-state index is 12.0. The number of aryl methyl sites for hydroxylation is 2. The van der Waals surface area contributed by atoms with Gasteiger partial charge in [-0.1, -0.05) is 25.1 Å². The molecule has 3 nitrogen and oxygen atoms in total. The van der Waals surface area contributed by atoms with E-state index in [0.29, 0.717) is 13.0 Å². The molecular formula is C15H23NO2. The van der Waals surface area contributed by atoms with Gasteiger partial charge in [0, 0.05) is 13.2 Å². The van der Waals surface area contributed by atoms with Gasteiger partial charge in [-0.25, -0.2) is 0 Å². The van der Waals surface area contributed by atoms with Crippen LogP contribution < -0.4 is 5.32 Å². The van der Waals surface area contributed by atoms with Gasteiger partial charge >= 0.3 is 0 Å². The van der Waals surface area contributed by atoms with Crippen LogP contribution in [-0.2, 0) is 22.4 Å². The van der Waals surface area contributed by atoms with Crippen LogP contribution in [0.25, 0.3) is 0 Å². The number of methoxy groups -OCH3 is 1. The Kier molecular flexibility index (Phi) is 5.86. The molecule has 1 aromatic rings. The lowest BCUT2D eigenvalue weighted by molar-refractivity contribution is -0.121. The zero-order valence-electron chi connectivity index (χ0n) is 11.7. The van der Waals surface area contributed by atoms with E-state index in [1.165, 1.54) is 11.1 Å². The SMILES string of the molecule is CCc1cccc(C)c1CC(=O)NC(C)COC. The molecule has 1 amide bonds. The summed E-state index contributed by atoms with van der Waals surface area (Å²) in [6, 6.07) is 6.24. The summed E-state index contributed by atoms with van der Waals surface area (Å²) in [7, 11) is 1.64. The van der Waals surface area contributed by atoms with Crippen molar-refractivity contribution in [1.82, 2.24) is 5.32 Å². The van der Waals surface area contributed by atoms with E-state index in [4.69, 9.17) is 4.74 Å². The summed E-state index contributed by atoms with van der Waals surface area (Å²) in [5.74, 6) is 0.0588. The number of ether oxygens (including phenoxy) is 1. The van der Waals surface area contributed by atoms with E-state index in [1.807, 2.05) is 13.0 Å². The normalized spacial score (nSPS) is 12.2. The monoisotopic (exact) mass is 249 g/mol. The van der Waals surface area contributed by atoms with E-state index in [9.17, 15) is 4.79 Å². The predicted octanol–water partition coefficient (Wildman–Crippen LogP) is 2.25. The molecule has 0 heterocycles. The number of nitrogens with one attached hydrogen (secondary N) is 1. The third-order valence-electron chi connectivity index (χ3n) is 3.05. The number of amides is 1. The molecule has 0 aromatic heterocycles. The fourth-order valence-electron chi connectivity index (χ4n) is 2.13. The van der Waals surface area contributed by atoms with Crippen LogP contribution in [0.5, 0.6) is 0 Å². The molecule has 0 spiro atoms. The Labute approximate surface area is 110 Å². The molecule has 18 heavy (non-hydrogen) atoms. The van der Waals surface area contributed by atoms with Crippen LogP contribution in [0.3, 0.4) is 0 Å². The highest BCUT2D eigenvalue weighted by Crippen LogP contribution is 2.15. The molecule has 1 atom stereocenters. The molecule has 0 aliphatic heterocycles. The van der Waals surface area contributed by atoms with Gasteiger partial charge in [-0.15, -0.1) is 0 Å². The van der Waals surface area contributed by atoms with E-state index in [2.05, 4.69) is 31.3 Å². The van der Waals surface area contributed by atoms with Crippen molar-refractivity contribution in [3.63, 3.8) is 0 Å². The van der Waals surface area contributed by atoms with Gasteiger partial charge in [0.1, 0.15) is 0 Å². The number of rotatable bonds is 6. The lowest BCUT2D eigenvalue weighted by Crippen LogP contribution is -2.36. The molecule has 1 N–H and O–H groups in total. The summed E-state index contributed by atoms with van der Waals surface area (Å²) in [6.07, 6.45) is 1.40. The number of hydrogen-bond donors (Lipinski definition) is 1. The van der Waals surface area contributed by atoms with Crippen LogP contribution in [0.1, 0.15) is 30.5 Å². The van der Waals surface area contributed by atoms with Crippen molar-refractivity contribution in [3.8, 4) is 0 Å². The molecule has 3 heteroatoms. The Hall–Kier alpha value is -1.35. The van der Waals surface area contributed by atoms with Crippen molar-refractivity contribution in [2.24, 2.45) is 0 Å². The minimum Gasteiger partial charge on any atom is -0.383 e. The third-order valence-corrected chi connectivity index (χ3v) is 3.05. The minimum atomic E-state index is 0.0524. The summed E-state index contributed by atoms with van der Waals surface area (Å²) >= 11 is 0. The number of carbonyl (C=O) groups is 1. The molecule has 0 aliphatic carbocycles. The smallest absolute Gasteiger partial charge is 0.224 e. The molecule has 0 fully saturated rings. The average molecular weight is 249 g/mol. The van der Waals surface area contributed by atoms with Gasteiger partial charge in [0.05, 0.1) is 13.0 Å². The van der Waals surface area contributed by atoms with Crippen LogP contribution in [-0.4, -0.2) is 25.7 Å². The number of benzene rings is 1. The van der Waals surface area contributed by atoms with E-state index in [1.54, 1.807) is 7.11 Å². The van der Waals surface area contributed by atoms with Crippen molar-refractivity contribution in [2.75, 3.05) is 13.7 Å². The topological polar surface area (TPSA) is 38.3 Å². The van der Waals surface area contributed by atoms with E-state index in [0.717, 1.165) is 12.0 Å². The van der Waals surface area contributed by atoms with Crippen molar-refractivity contribution < 1.29 is 9.53 Å². The Morgan fingerprint density at radius 1 is 1.44 bits per heavy atom. The highest BCUT2D eigenvalue weighted by molar-refractivity contribution is 5.79. The van der Waals surface area contributed by atoms with E-state index >= 15 is 0 Å². The molecule has 0 radical (unpaired) electrons. The molecule has 1 rings (SSSR count). The number of carbonyl (C=O) groups excluding carboxylic acids is 1. The zero-order chi connectivity index (χ0) is 13.5. The second-order valence-electron chi connectivity index (χ2n) is 4.67. The van der Waals surface area contributed by atoms with Crippen LogP contribution in [0.15, 0.2) is 18.2 Å². The van der Waals surface area contributed by atoms with Crippen molar-refractivity contribution in [3.05, 3.63) is 34.9 Å². The van der Waals surface area contributed by atoms with Crippen molar-refractivity contribution in [2.45, 2.75) is 39.7 Å². The van der Waals surface area contributed by atoms with E-state index < -0.39 is 0 Å². The van der Waals surface area contributed by atoms with Crippen LogP contribution in [0.4, 0.5) is 0 Å².